The van der Waals surface area contributed by atoms with Crippen LogP contribution in [0.4, 0.5) is 21.9 Å². The Bertz CT molecular complexity index is 776. The molecular formula is C18H19N3O3. The number of rotatable bonds is 2. The van der Waals surface area contributed by atoms with Gasteiger partial charge < -0.3 is 15.0 Å². The molecule has 124 valence electrons. The van der Waals surface area contributed by atoms with Gasteiger partial charge in [-0.15, -0.1) is 0 Å². The van der Waals surface area contributed by atoms with E-state index in [2.05, 4.69) is 10.2 Å². The molecule has 0 atom stereocenters. The van der Waals surface area contributed by atoms with Gasteiger partial charge in [0.05, 0.1) is 24.0 Å². The normalized spacial score (nSPS) is 13.2. The minimum Gasteiger partial charge on any atom is -0.465 e. The summed E-state index contributed by atoms with van der Waals surface area (Å²) < 4.78 is 4.70. The van der Waals surface area contributed by atoms with Crippen LogP contribution in [0.1, 0.15) is 10.4 Å². The number of para-hydroxylation sites is 2. The molecule has 1 N–H and O–H groups in total. The first kappa shape index (κ1) is 15.9. The van der Waals surface area contributed by atoms with E-state index >= 15 is 0 Å². The quantitative estimate of drug-likeness (QED) is 0.862. The number of likely N-dealkylation sites (N-methyl/N-ethyl adjacent to an activating group) is 1. The molecule has 2 aromatic rings. The summed E-state index contributed by atoms with van der Waals surface area (Å²) in [5.74, 6) is -0.434. The van der Waals surface area contributed by atoms with E-state index in [0.29, 0.717) is 17.8 Å². The third-order valence-corrected chi connectivity index (χ3v) is 4.02. The molecule has 0 aliphatic carbocycles. The second kappa shape index (κ2) is 6.62. The number of ether oxygens (including phenoxy) is 1. The lowest BCUT2D eigenvalue weighted by Crippen LogP contribution is -2.44. The average Bonchev–Trinajstić information content (AvgIpc) is 2.61. The molecule has 2 amide bonds. The zero-order chi connectivity index (χ0) is 17.1. The molecule has 1 aliphatic rings. The van der Waals surface area contributed by atoms with E-state index in [9.17, 15) is 9.59 Å². The van der Waals surface area contributed by atoms with Crippen molar-refractivity contribution in [2.24, 2.45) is 0 Å². The zero-order valence-electron chi connectivity index (χ0n) is 13.7. The molecule has 2 aromatic carbocycles. The van der Waals surface area contributed by atoms with Crippen LogP contribution in [0.3, 0.4) is 0 Å². The van der Waals surface area contributed by atoms with Crippen molar-refractivity contribution in [1.29, 1.82) is 0 Å². The predicted molar refractivity (Wildman–Crippen MR) is 93.9 cm³/mol. The first-order chi connectivity index (χ1) is 11.6. The maximum atomic E-state index is 12.7. The lowest BCUT2D eigenvalue weighted by molar-refractivity contribution is 0.0600. The number of carbonyl (C=O) groups excluding carboxylic acids is 2. The largest absolute Gasteiger partial charge is 0.465 e. The van der Waals surface area contributed by atoms with Gasteiger partial charge in [0.25, 0.3) is 0 Å². The van der Waals surface area contributed by atoms with Gasteiger partial charge in [0, 0.05) is 25.8 Å². The smallest absolute Gasteiger partial charge is 0.337 e. The molecule has 0 radical (unpaired) electrons. The summed E-state index contributed by atoms with van der Waals surface area (Å²) in [6.07, 6.45) is 0. The highest BCUT2D eigenvalue weighted by molar-refractivity contribution is 6.05. The number of carbonyl (C=O) groups is 2. The Morgan fingerprint density at radius 2 is 1.79 bits per heavy atom. The van der Waals surface area contributed by atoms with Gasteiger partial charge in [-0.2, -0.15) is 0 Å². The number of hydrogen-bond donors (Lipinski definition) is 1. The number of fused-ring (bicyclic) bond motifs is 1. The fourth-order valence-electron chi connectivity index (χ4n) is 2.75. The Hall–Kier alpha value is -3.02. The van der Waals surface area contributed by atoms with E-state index in [1.165, 1.54) is 7.11 Å². The second-order valence-electron chi connectivity index (χ2n) is 5.56. The van der Waals surface area contributed by atoms with Crippen molar-refractivity contribution in [3.05, 3.63) is 54.1 Å². The van der Waals surface area contributed by atoms with Crippen LogP contribution >= 0.6 is 0 Å². The van der Waals surface area contributed by atoms with E-state index in [0.717, 1.165) is 17.9 Å². The van der Waals surface area contributed by atoms with Crippen molar-refractivity contribution in [2.75, 3.05) is 42.4 Å². The van der Waals surface area contributed by atoms with Crippen molar-refractivity contribution in [3.8, 4) is 0 Å². The Labute approximate surface area is 140 Å². The number of esters is 1. The molecule has 24 heavy (non-hydrogen) atoms. The van der Waals surface area contributed by atoms with Crippen LogP contribution in [-0.2, 0) is 4.74 Å². The lowest BCUT2D eigenvalue weighted by Gasteiger charge is -2.35. The summed E-state index contributed by atoms with van der Waals surface area (Å²) in [6, 6.07) is 14.3. The number of methoxy groups -OCH3 is 1. The number of urea groups is 1. The molecule has 6 heteroatoms. The van der Waals surface area contributed by atoms with Crippen LogP contribution in [-0.4, -0.2) is 39.2 Å². The number of amides is 2. The molecule has 0 bridgehead atoms. The van der Waals surface area contributed by atoms with Crippen molar-refractivity contribution in [2.45, 2.75) is 0 Å². The SMILES string of the molecule is COC(=O)c1cccc(NC(=O)N2CCN(C)c3ccccc32)c1. The van der Waals surface area contributed by atoms with Crippen LogP contribution in [0.5, 0.6) is 0 Å². The molecule has 0 spiro atoms. The van der Waals surface area contributed by atoms with Gasteiger partial charge in [0.1, 0.15) is 0 Å². The van der Waals surface area contributed by atoms with E-state index in [-0.39, 0.29) is 6.03 Å². The van der Waals surface area contributed by atoms with E-state index in [4.69, 9.17) is 4.74 Å². The van der Waals surface area contributed by atoms with Crippen LogP contribution in [0, 0.1) is 0 Å². The molecule has 1 aliphatic heterocycles. The molecule has 0 aromatic heterocycles. The van der Waals surface area contributed by atoms with Crippen molar-refractivity contribution in [3.63, 3.8) is 0 Å². The zero-order valence-corrected chi connectivity index (χ0v) is 13.7. The molecule has 0 unspecified atom stereocenters. The van der Waals surface area contributed by atoms with E-state index in [1.807, 2.05) is 31.3 Å². The van der Waals surface area contributed by atoms with Crippen molar-refractivity contribution >= 4 is 29.1 Å². The highest BCUT2D eigenvalue weighted by Gasteiger charge is 2.24. The summed E-state index contributed by atoms with van der Waals surface area (Å²) in [5.41, 5.74) is 2.84. The summed E-state index contributed by atoms with van der Waals surface area (Å²) in [4.78, 5) is 28.1. The van der Waals surface area contributed by atoms with E-state index < -0.39 is 5.97 Å². The van der Waals surface area contributed by atoms with Crippen LogP contribution in [0.25, 0.3) is 0 Å². The summed E-state index contributed by atoms with van der Waals surface area (Å²) in [5, 5.41) is 2.85. The third-order valence-electron chi connectivity index (χ3n) is 4.02. The van der Waals surface area contributed by atoms with E-state index in [1.54, 1.807) is 29.2 Å². The van der Waals surface area contributed by atoms with Gasteiger partial charge in [0.2, 0.25) is 0 Å². The molecule has 0 saturated heterocycles. The number of nitrogens with one attached hydrogen (secondary N) is 1. The highest BCUT2D eigenvalue weighted by Crippen LogP contribution is 2.32. The first-order valence-electron chi connectivity index (χ1n) is 7.67. The second-order valence-corrected chi connectivity index (χ2v) is 5.56. The standard InChI is InChI=1S/C18H19N3O3/c1-20-10-11-21(16-9-4-3-8-15(16)20)18(23)19-14-7-5-6-13(12-14)17(22)24-2/h3-9,12H,10-11H2,1-2H3,(H,19,23). The van der Waals surface area contributed by atoms with Crippen molar-refractivity contribution in [1.82, 2.24) is 0 Å². The Balaban J connectivity index is 1.81. The minimum atomic E-state index is -0.434. The third kappa shape index (κ3) is 3.03. The number of nitrogens with zero attached hydrogens (tertiary/aromatic N) is 2. The monoisotopic (exact) mass is 325 g/mol. The molecule has 3 rings (SSSR count). The van der Waals surface area contributed by atoms with Gasteiger partial charge in [-0.1, -0.05) is 18.2 Å². The number of anilines is 3. The molecule has 6 nitrogen and oxygen atoms in total. The molecule has 1 heterocycles. The summed E-state index contributed by atoms with van der Waals surface area (Å²) in [7, 11) is 3.34. The topological polar surface area (TPSA) is 61.9 Å². The van der Waals surface area contributed by atoms with Gasteiger partial charge in [-0.3, -0.25) is 4.90 Å². The Morgan fingerprint density at radius 1 is 1.04 bits per heavy atom. The number of hydrogen-bond acceptors (Lipinski definition) is 4. The average molecular weight is 325 g/mol. The van der Waals surface area contributed by atoms with Gasteiger partial charge in [-0.25, -0.2) is 9.59 Å². The summed E-state index contributed by atoms with van der Waals surface area (Å²) in [6.45, 7) is 1.35. The fraction of sp³-hybridized carbons (Fsp3) is 0.222. The van der Waals surface area contributed by atoms with Gasteiger partial charge in [0.15, 0.2) is 0 Å². The van der Waals surface area contributed by atoms with Gasteiger partial charge in [-0.05, 0) is 30.3 Å². The fourth-order valence-corrected chi connectivity index (χ4v) is 2.75. The lowest BCUT2D eigenvalue weighted by atomic mass is 10.2. The van der Waals surface area contributed by atoms with Crippen LogP contribution in [0.15, 0.2) is 48.5 Å². The maximum Gasteiger partial charge on any atom is 0.337 e. The number of benzene rings is 2. The summed E-state index contributed by atoms with van der Waals surface area (Å²) >= 11 is 0. The van der Waals surface area contributed by atoms with Crippen LogP contribution < -0.4 is 15.1 Å². The molecular weight excluding hydrogens is 306 g/mol. The maximum absolute atomic E-state index is 12.7. The molecule has 0 saturated carbocycles. The highest BCUT2D eigenvalue weighted by atomic mass is 16.5. The van der Waals surface area contributed by atoms with Crippen LogP contribution in [0.2, 0.25) is 0 Å². The predicted octanol–water partition coefficient (Wildman–Crippen LogP) is 2.96. The van der Waals surface area contributed by atoms with Gasteiger partial charge >= 0.3 is 12.0 Å². The first-order valence-corrected chi connectivity index (χ1v) is 7.67. The molecule has 0 fully saturated rings. The van der Waals surface area contributed by atoms with Crippen molar-refractivity contribution < 1.29 is 14.3 Å². The Morgan fingerprint density at radius 3 is 2.54 bits per heavy atom. The Kier molecular flexibility index (Phi) is 4.37. The minimum absolute atomic E-state index is 0.224.